The topological polar surface area (TPSA) is 61.6 Å². The van der Waals surface area contributed by atoms with Crippen LogP contribution < -0.4 is 9.47 Å². The van der Waals surface area contributed by atoms with Gasteiger partial charge in [0.1, 0.15) is 5.75 Å². The van der Waals surface area contributed by atoms with Gasteiger partial charge in [-0.3, -0.25) is 10.1 Å². The molecule has 0 radical (unpaired) electrons. The van der Waals surface area contributed by atoms with E-state index in [0.29, 0.717) is 18.3 Å². The van der Waals surface area contributed by atoms with Crippen LogP contribution in [0.15, 0.2) is 18.2 Å². The first-order chi connectivity index (χ1) is 8.62. The third-order valence-electron chi connectivity index (χ3n) is 2.67. The molecule has 0 saturated carbocycles. The number of ether oxygens (including phenoxy) is 2. The Morgan fingerprint density at radius 2 is 2.22 bits per heavy atom. The zero-order valence-electron chi connectivity index (χ0n) is 10.5. The van der Waals surface area contributed by atoms with E-state index in [1.54, 1.807) is 6.07 Å². The van der Waals surface area contributed by atoms with Crippen LogP contribution in [0, 0.1) is 16.0 Å². The summed E-state index contributed by atoms with van der Waals surface area (Å²) in [6, 6.07) is 4.58. The predicted molar refractivity (Wildman–Crippen MR) is 72.8 cm³/mol. The summed E-state index contributed by atoms with van der Waals surface area (Å²) in [6.45, 7) is 2.56. The minimum atomic E-state index is -0.485. The fourth-order valence-corrected chi connectivity index (χ4v) is 1.78. The standard InChI is InChI=1S/C12H17NO4S/c1-3-9(8-18)7-17-10-4-5-12(16-2)11(6-10)13(14)15/h4-6,9,18H,3,7-8H2,1-2H3. The summed E-state index contributed by atoms with van der Waals surface area (Å²) in [4.78, 5) is 10.4. The Hall–Kier alpha value is -1.43. The van der Waals surface area contributed by atoms with Crippen LogP contribution in [0.4, 0.5) is 5.69 Å². The summed E-state index contributed by atoms with van der Waals surface area (Å²) in [6.07, 6.45) is 0.960. The van der Waals surface area contributed by atoms with Crippen LogP contribution in [0.1, 0.15) is 13.3 Å². The largest absolute Gasteiger partial charge is 0.493 e. The van der Waals surface area contributed by atoms with Gasteiger partial charge in [-0.15, -0.1) is 0 Å². The second-order valence-electron chi connectivity index (χ2n) is 3.86. The first-order valence-corrected chi connectivity index (χ1v) is 6.31. The van der Waals surface area contributed by atoms with E-state index in [1.807, 2.05) is 0 Å². The molecule has 0 amide bonds. The first-order valence-electron chi connectivity index (χ1n) is 5.68. The second-order valence-corrected chi connectivity index (χ2v) is 4.22. The van der Waals surface area contributed by atoms with Crippen LogP contribution in [-0.2, 0) is 0 Å². The Morgan fingerprint density at radius 1 is 1.50 bits per heavy atom. The molecule has 0 N–H and O–H groups in total. The zero-order valence-corrected chi connectivity index (χ0v) is 11.4. The Labute approximate surface area is 112 Å². The van der Waals surface area contributed by atoms with Crippen molar-refractivity contribution in [2.24, 2.45) is 5.92 Å². The van der Waals surface area contributed by atoms with Gasteiger partial charge in [-0.1, -0.05) is 6.92 Å². The molecule has 0 fully saturated rings. The number of nitro groups is 1. The van der Waals surface area contributed by atoms with E-state index in [0.717, 1.165) is 12.2 Å². The van der Waals surface area contributed by atoms with E-state index >= 15 is 0 Å². The average molecular weight is 271 g/mol. The van der Waals surface area contributed by atoms with Gasteiger partial charge in [0.05, 0.1) is 24.7 Å². The molecule has 1 aromatic rings. The molecule has 6 heteroatoms. The van der Waals surface area contributed by atoms with Crippen LogP contribution in [0.3, 0.4) is 0 Å². The summed E-state index contributed by atoms with van der Waals surface area (Å²) < 4.78 is 10.5. The summed E-state index contributed by atoms with van der Waals surface area (Å²) >= 11 is 4.22. The van der Waals surface area contributed by atoms with Gasteiger partial charge < -0.3 is 9.47 Å². The lowest BCUT2D eigenvalue weighted by atomic mass is 10.1. The number of hydrogen-bond acceptors (Lipinski definition) is 5. The molecule has 1 aromatic carbocycles. The van der Waals surface area contributed by atoms with Crippen molar-refractivity contribution in [2.75, 3.05) is 19.5 Å². The van der Waals surface area contributed by atoms with E-state index in [4.69, 9.17) is 9.47 Å². The number of hydrogen-bond donors (Lipinski definition) is 1. The summed E-state index contributed by atoms with van der Waals surface area (Å²) in [5, 5.41) is 10.8. The van der Waals surface area contributed by atoms with Gasteiger partial charge in [0, 0.05) is 5.92 Å². The Morgan fingerprint density at radius 3 is 2.72 bits per heavy atom. The smallest absolute Gasteiger partial charge is 0.314 e. The van der Waals surface area contributed by atoms with Crippen molar-refractivity contribution < 1.29 is 14.4 Å². The van der Waals surface area contributed by atoms with Gasteiger partial charge in [0.15, 0.2) is 5.75 Å². The highest BCUT2D eigenvalue weighted by Gasteiger charge is 2.16. The van der Waals surface area contributed by atoms with E-state index in [1.165, 1.54) is 19.2 Å². The van der Waals surface area contributed by atoms with Gasteiger partial charge in [0.25, 0.3) is 0 Å². The van der Waals surface area contributed by atoms with Gasteiger partial charge in [-0.05, 0) is 24.3 Å². The maximum Gasteiger partial charge on any atom is 0.314 e. The zero-order chi connectivity index (χ0) is 13.5. The molecule has 1 rings (SSSR count). The first kappa shape index (κ1) is 14.6. The average Bonchev–Trinajstić information content (AvgIpc) is 2.39. The molecular weight excluding hydrogens is 254 g/mol. The van der Waals surface area contributed by atoms with Crippen molar-refractivity contribution in [2.45, 2.75) is 13.3 Å². The minimum Gasteiger partial charge on any atom is -0.493 e. The molecule has 0 bridgehead atoms. The molecule has 0 aliphatic heterocycles. The Bertz CT molecular complexity index is 407. The molecule has 0 heterocycles. The number of nitrogens with zero attached hydrogens (tertiary/aromatic N) is 1. The molecule has 0 aromatic heterocycles. The fraction of sp³-hybridized carbons (Fsp3) is 0.500. The highest BCUT2D eigenvalue weighted by atomic mass is 32.1. The SMILES string of the molecule is CCC(CS)COc1ccc(OC)c([N+](=O)[O-])c1. The van der Waals surface area contributed by atoms with Gasteiger partial charge >= 0.3 is 5.69 Å². The molecule has 18 heavy (non-hydrogen) atoms. The van der Waals surface area contributed by atoms with Crippen molar-refractivity contribution >= 4 is 18.3 Å². The van der Waals surface area contributed by atoms with Crippen molar-refractivity contribution in [3.8, 4) is 11.5 Å². The predicted octanol–water partition coefficient (Wildman–Crippen LogP) is 2.94. The Kier molecular flexibility index (Phi) is 5.77. The maximum atomic E-state index is 10.8. The van der Waals surface area contributed by atoms with Crippen LogP contribution >= 0.6 is 12.6 Å². The van der Waals surface area contributed by atoms with Crippen LogP contribution in [0.5, 0.6) is 11.5 Å². The third-order valence-corrected chi connectivity index (χ3v) is 3.18. The molecule has 1 atom stereocenters. The highest BCUT2D eigenvalue weighted by Crippen LogP contribution is 2.30. The molecule has 5 nitrogen and oxygen atoms in total. The van der Waals surface area contributed by atoms with Crippen LogP contribution in [-0.4, -0.2) is 24.4 Å². The van der Waals surface area contributed by atoms with Crippen molar-refractivity contribution in [3.05, 3.63) is 28.3 Å². The number of thiol groups is 1. The molecule has 100 valence electrons. The van der Waals surface area contributed by atoms with E-state index < -0.39 is 4.92 Å². The van der Waals surface area contributed by atoms with E-state index in [9.17, 15) is 10.1 Å². The lowest BCUT2D eigenvalue weighted by molar-refractivity contribution is -0.385. The second kappa shape index (κ2) is 7.10. The van der Waals surface area contributed by atoms with Crippen molar-refractivity contribution in [1.82, 2.24) is 0 Å². The summed E-state index contributed by atoms with van der Waals surface area (Å²) in [5.41, 5.74) is -0.0890. The van der Waals surface area contributed by atoms with Gasteiger partial charge in [-0.25, -0.2) is 0 Å². The van der Waals surface area contributed by atoms with Crippen LogP contribution in [0.25, 0.3) is 0 Å². The molecule has 0 saturated heterocycles. The molecule has 0 aliphatic rings. The molecule has 0 spiro atoms. The maximum absolute atomic E-state index is 10.8. The lowest BCUT2D eigenvalue weighted by Crippen LogP contribution is -2.12. The molecule has 0 aliphatic carbocycles. The lowest BCUT2D eigenvalue weighted by Gasteiger charge is -2.13. The number of methoxy groups -OCH3 is 1. The van der Waals surface area contributed by atoms with Crippen LogP contribution in [0.2, 0.25) is 0 Å². The summed E-state index contributed by atoms with van der Waals surface area (Å²) in [5.74, 6) is 1.78. The highest BCUT2D eigenvalue weighted by molar-refractivity contribution is 7.80. The molecule has 1 unspecified atom stereocenters. The third kappa shape index (κ3) is 3.80. The fourth-order valence-electron chi connectivity index (χ4n) is 1.42. The van der Waals surface area contributed by atoms with Crippen molar-refractivity contribution in [3.63, 3.8) is 0 Å². The van der Waals surface area contributed by atoms with E-state index in [-0.39, 0.29) is 11.4 Å². The quantitative estimate of drug-likeness (QED) is 0.470. The Balaban J connectivity index is 2.79. The van der Waals surface area contributed by atoms with Crippen molar-refractivity contribution in [1.29, 1.82) is 0 Å². The number of rotatable bonds is 7. The summed E-state index contributed by atoms with van der Waals surface area (Å²) in [7, 11) is 1.40. The minimum absolute atomic E-state index is 0.0890. The number of nitro benzene ring substituents is 1. The number of benzene rings is 1. The van der Waals surface area contributed by atoms with Gasteiger partial charge in [-0.2, -0.15) is 12.6 Å². The van der Waals surface area contributed by atoms with Gasteiger partial charge in [0.2, 0.25) is 0 Å². The molecular formula is C12H17NO4S. The van der Waals surface area contributed by atoms with E-state index in [2.05, 4.69) is 19.6 Å². The normalized spacial score (nSPS) is 11.9. The monoisotopic (exact) mass is 271 g/mol.